The summed E-state index contributed by atoms with van der Waals surface area (Å²) in [7, 11) is 1.72. The first-order valence-corrected chi connectivity index (χ1v) is 7.45. The van der Waals surface area contributed by atoms with Crippen molar-refractivity contribution in [3.63, 3.8) is 0 Å². The highest BCUT2D eigenvalue weighted by molar-refractivity contribution is 7.81. The number of rotatable bonds is 6. The smallest absolute Gasteiger partial charge is 0.125 e. The maximum absolute atomic E-state index is 10.2. The summed E-state index contributed by atoms with van der Waals surface area (Å²) in [5.41, 5.74) is 13.2. The van der Waals surface area contributed by atoms with Gasteiger partial charge < -0.3 is 26.2 Å². The van der Waals surface area contributed by atoms with E-state index in [-0.39, 0.29) is 11.5 Å². The monoisotopic (exact) mass is 336 g/mol. The zero-order valence-electron chi connectivity index (χ0n) is 12.8. The van der Waals surface area contributed by atoms with Crippen LogP contribution in [0.3, 0.4) is 0 Å². The van der Waals surface area contributed by atoms with Crippen molar-refractivity contribution < 1.29 is 15.4 Å². The van der Waals surface area contributed by atoms with Crippen molar-refractivity contribution in [3.05, 3.63) is 41.2 Å². The van der Waals surface area contributed by atoms with Crippen LogP contribution in [-0.4, -0.2) is 45.4 Å². The molecule has 8 heteroatoms. The third-order valence-corrected chi connectivity index (χ3v) is 4.09. The van der Waals surface area contributed by atoms with E-state index >= 15 is 0 Å². The summed E-state index contributed by atoms with van der Waals surface area (Å²) >= 11 is 5.48. The first-order valence-electron chi connectivity index (χ1n) is 7.04. The quantitative estimate of drug-likeness (QED) is 0.196. The van der Waals surface area contributed by atoms with Crippen molar-refractivity contribution >= 4 is 22.7 Å². The molecule has 0 unspecified atom stereocenters. The standard InChI is InChI=1S/C15H20N4O3S/c1-8-11-9(20)4-5-10(21)12(11)15(23)14(13(8)16)19(17-2)7-3-6-18-22/h4-5,17-18,20-22H,1,3,6-7,16H2,2H3. The van der Waals surface area contributed by atoms with Gasteiger partial charge in [0.15, 0.2) is 0 Å². The van der Waals surface area contributed by atoms with E-state index < -0.39 is 0 Å². The molecule has 0 aliphatic heterocycles. The number of hydrogen-bond acceptors (Lipinski definition) is 8. The Hall–Kier alpha value is -2.13. The molecule has 124 valence electrons. The van der Waals surface area contributed by atoms with Crippen LogP contribution in [0.4, 0.5) is 0 Å². The second kappa shape index (κ2) is 6.97. The molecule has 0 radical (unpaired) electrons. The number of nitrogens with zero attached hydrogens (tertiary/aromatic N) is 1. The summed E-state index contributed by atoms with van der Waals surface area (Å²) in [6, 6.07) is 2.76. The van der Waals surface area contributed by atoms with Crippen molar-refractivity contribution in [2.75, 3.05) is 20.1 Å². The molecule has 0 spiro atoms. The lowest BCUT2D eigenvalue weighted by atomic mass is 9.87. The van der Waals surface area contributed by atoms with E-state index in [1.165, 1.54) is 12.1 Å². The van der Waals surface area contributed by atoms with E-state index in [2.05, 4.69) is 17.5 Å². The van der Waals surface area contributed by atoms with E-state index in [4.69, 9.17) is 23.2 Å². The van der Waals surface area contributed by atoms with E-state index in [1.54, 1.807) is 12.1 Å². The highest BCUT2D eigenvalue weighted by Gasteiger charge is 2.31. The zero-order chi connectivity index (χ0) is 17.1. The number of fused-ring (bicyclic) bond motifs is 1. The summed E-state index contributed by atoms with van der Waals surface area (Å²) in [6.07, 6.45) is 0.627. The molecule has 0 saturated heterocycles. The van der Waals surface area contributed by atoms with Crippen LogP contribution in [0.15, 0.2) is 30.1 Å². The Balaban J connectivity index is 2.49. The number of phenols is 2. The first-order chi connectivity index (χ1) is 10.9. The Morgan fingerprint density at radius 3 is 2.43 bits per heavy atom. The van der Waals surface area contributed by atoms with Crippen molar-refractivity contribution in [2.45, 2.75) is 6.42 Å². The molecule has 1 aliphatic rings. The lowest BCUT2D eigenvalue weighted by Gasteiger charge is -2.33. The van der Waals surface area contributed by atoms with Crippen LogP contribution >= 0.6 is 12.2 Å². The van der Waals surface area contributed by atoms with Crippen LogP contribution in [0.1, 0.15) is 17.5 Å². The Labute approximate surface area is 139 Å². The van der Waals surface area contributed by atoms with Gasteiger partial charge in [-0.1, -0.05) is 18.8 Å². The normalized spacial score (nSPS) is 14.2. The van der Waals surface area contributed by atoms with Crippen LogP contribution < -0.4 is 16.6 Å². The molecule has 7 N–H and O–H groups in total. The van der Waals surface area contributed by atoms with Crippen molar-refractivity contribution in [1.82, 2.24) is 15.9 Å². The Kier molecular flexibility index (Phi) is 5.22. The molecule has 1 aromatic carbocycles. The third-order valence-electron chi connectivity index (χ3n) is 3.70. The maximum Gasteiger partial charge on any atom is 0.125 e. The topological polar surface area (TPSA) is 114 Å². The number of phenolic OH excluding ortho intramolecular Hbond substituents is 2. The van der Waals surface area contributed by atoms with Gasteiger partial charge in [-0.05, 0) is 18.6 Å². The zero-order valence-corrected chi connectivity index (χ0v) is 13.6. The molecule has 0 aromatic heterocycles. The molecule has 1 aromatic rings. The van der Waals surface area contributed by atoms with Gasteiger partial charge in [-0.15, -0.1) is 0 Å². The predicted molar refractivity (Wildman–Crippen MR) is 91.9 cm³/mol. The van der Waals surface area contributed by atoms with Gasteiger partial charge in [-0.2, -0.15) is 0 Å². The molecule has 0 saturated carbocycles. The SMILES string of the molecule is C=C1C(N)=C(N(CCCNO)NC)C(=S)c2c(O)ccc(O)c21. The first kappa shape index (κ1) is 17.2. The number of hydrazine groups is 1. The fraction of sp³-hybridized carbons (Fsp3) is 0.267. The molecule has 7 nitrogen and oxygen atoms in total. The molecule has 1 aliphatic carbocycles. The molecule has 2 rings (SSSR count). The van der Waals surface area contributed by atoms with Gasteiger partial charge in [0.1, 0.15) is 11.5 Å². The molecule has 0 fully saturated rings. The third kappa shape index (κ3) is 3.02. The Morgan fingerprint density at radius 2 is 1.87 bits per heavy atom. The number of benzene rings is 1. The van der Waals surface area contributed by atoms with Gasteiger partial charge in [0.05, 0.1) is 16.3 Å². The minimum atomic E-state index is -0.0398. The number of aromatic hydroxyl groups is 2. The number of hydrogen-bond donors (Lipinski definition) is 6. The van der Waals surface area contributed by atoms with Crippen LogP contribution in [0.25, 0.3) is 5.57 Å². The van der Waals surface area contributed by atoms with Crippen molar-refractivity contribution in [1.29, 1.82) is 0 Å². The molecule has 0 amide bonds. The Morgan fingerprint density at radius 1 is 1.26 bits per heavy atom. The molecular formula is C15H20N4O3S. The fourth-order valence-corrected chi connectivity index (χ4v) is 2.98. The van der Waals surface area contributed by atoms with Gasteiger partial charge in [0.2, 0.25) is 0 Å². The van der Waals surface area contributed by atoms with Gasteiger partial charge in [0, 0.05) is 36.8 Å². The van der Waals surface area contributed by atoms with Gasteiger partial charge in [-0.25, -0.2) is 10.9 Å². The minimum Gasteiger partial charge on any atom is -0.507 e. The highest BCUT2D eigenvalue weighted by atomic mass is 32.1. The van der Waals surface area contributed by atoms with Crippen LogP contribution in [-0.2, 0) is 0 Å². The predicted octanol–water partition coefficient (Wildman–Crippen LogP) is 0.818. The van der Waals surface area contributed by atoms with Crippen LogP contribution in [0.2, 0.25) is 0 Å². The molecule has 0 heterocycles. The largest absolute Gasteiger partial charge is 0.507 e. The van der Waals surface area contributed by atoms with E-state index in [0.717, 1.165) is 0 Å². The number of allylic oxidation sites excluding steroid dienone is 2. The minimum absolute atomic E-state index is 0.0346. The van der Waals surface area contributed by atoms with E-state index in [1.807, 2.05) is 0 Å². The Bertz CT molecular complexity index is 688. The van der Waals surface area contributed by atoms with Gasteiger partial charge in [0.25, 0.3) is 0 Å². The maximum atomic E-state index is 10.2. The van der Waals surface area contributed by atoms with Gasteiger partial charge >= 0.3 is 0 Å². The summed E-state index contributed by atoms with van der Waals surface area (Å²) in [5.74, 6) is -0.0744. The second-order valence-corrected chi connectivity index (χ2v) is 5.47. The van der Waals surface area contributed by atoms with Gasteiger partial charge in [-0.3, -0.25) is 0 Å². The number of nitrogens with one attached hydrogen (secondary N) is 2. The lowest BCUT2D eigenvalue weighted by Crippen LogP contribution is -2.41. The van der Waals surface area contributed by atoms with Crippen molar-refractivity contribution in [3.8, 4) is 11.5 Å². The summed E-state index contributed by atoms with van der Waals surface area (Å²) < 4.78 is 0. The van der Waals surface area contributed by atoms with Crippen LogP contribution in [0, 0.1) is 0 Å². The molecule has 0 bridgehead atoms. The second-order valence-electron chi connectivity index (χ2n) is 5.06. The van der Waals surface area contributed by atoms with Crippen LogP contribution in [0.5, 0.6) is 11.5 Å². The number of nitrogens with two attached hydrogens (primary N) is 1. The summed E-state index contributed by atoms with van der Waals surface area (Å²) in [4.78, 5) is 0.324. The lowest BCUT2D eigenvalue weighted by molar-refractivity contribution is 0.158. The fourth-order valence-electron chi connectivity index (χ4n) is 2.55. The van der Waals surface area contributed by atoms with E-state index in [0.29, 0.717) is 52.5 Å². The molecule has 0 atom stereocenters. The number of hydroxylamine groups is 1. The summed E-state index contributed by atoms with van der Waals surface area (Å²) in [6.45, 7) is 4.84. The van der Waals surface area contributed by atoms with E-state index in [9.17, 15) is 10.2 Å². The highest BCUT2D eigenvalue weighted by Crippen LogP contribution is 2.42. The molecular weight excluding hydrogens is 316 g/mol. The average molecular weight is 336 g/mol. The number of thiocarbonyl (C=S) groups is 1. The summed E-state index contributed by atoms with van der Waals surface area (Å²) in [5, 5.41) is 30.6. The van der Waals surface area contributed by atoms with Crippen molar-refractivity contribution in [2.24, 2.45) is 5.73 Å². The molecule has 23 heavy (non-hydrogen) atoms. The average Bonchev–Trinajstić information content (AvgIpc) is 2.53.